The lowest BCUT2D eigenvalue weighted by Crippen LogP contribution is -2.51. The molecule has 1 amide bonds. The first-order valence-corrected chi connectivity index (χ1v) is 8.96. The van der Waals surface area contributed by atoms with Gasteiger partial charge >= 0.3 is 0 Å². The molecule has 1 spiro atoms. The molecule has 3 saturated heterocycles. The summed E-state index contributed by atoms with van der Waals surface area (Å²) in [5.41, 5.74) is 1.49. The fourth-order valence-electron chi connectivity index (χ4n) is 4.87. The van der Waals surface area contributed by atoms with Crippen LogP contribution in [0, 0.1) is 5.41 Å². The van der Waals surface area contributed by atoms with Crippen molar-refractivity contribution in [3.63, 3.8) is 0 Å². The van der Waals surface area contributed by atoms with E-state index in [1.165, 1.54) is 32.4 Å². The number of likely N-dealkylation sites (tertiary alicyclic amines) is 2. The van der Waals surface area contributed by atoms with E-state index in [2.05, 4.69) is 16.8 Å². The maximum atomic E-state index is 12.9. The predicted molar refractivity (Wildman–Crippen MR) is 92.6 cm³/mol. The number of anilines is 1. The topological polar surface area (TPSA) is 26.8 Å². The van der Waals surface area contributed by atoms with Crippen LogP contribution < -0.4 is 4.90 Å². The van der Waals surface area contributed by atoms with Gasteiger partial charge in [-0.05, 0) is 63.4 Å². The lowest BCUT2D eigenvalue weighted by atomic mass is 9.78. The van der Waals surface area contributed by atoms with E-state index in [0.717, 1.165) is 31.7 Å². The summed E-state index contributed by atoms with van der Waals surface area (Å²) in [7, 11) is 2.23. The Morgan fingerprint density at radius 2 is 1.87 bits per heavy atom. The molecule has 0 saturated carbocycles. The highest BCUT2D eigenvalue weighted by molar-refractivity contribution is 5.99. The minimum absolute atomic E-state index is 0.0956. The molecular formula is C19H27N3O. The summed E-state index contributed by atoms with van der Waals surface area (Å²) in [6, 6.07) is 10.2. The largest absolute Gasteiger partial charge is 0.311 e. The molecule has 3 heterocycles. The molecule has 0 aromatic heterocycles. The Hall–Kier alpha value is -1.39. The standard InChI is InChI=1S/C19H27N3O/c1-20-13-10-19(14-20)9-5-11-21(15-19)17-8-12-22(18(17)23)16-6-3-2-4-7-16/h2-4,6-7,17H,5,8-15H2,1H3/t17-,19-/m1/s1. The monoisotopic (exact) mass is 313 g/mol. The average Bonchev–Trinajstić information content (AvgIpc) is 3.12. The molecule has 23 heavy (non-hydrogen) atoms. The predicted octanol–water partition coefficient (Wildman–Crippen LogP) is 2.21. The number of nitrogens with zero attached hydrogens (tertiary/aromatic N) is 3. The zero-order valence-electron chi connectivity index (χ0n) is 14.1. The third-order valence-corrected chi connectivity index (χ3v) is 6.01. The van der Waals surface area contributed by atoms with Crippen LogP contribution in [0.15, 0.2) is 30.3 Å². The second-order valence-electron chi connectivity index (χ2n) is 7.69. The Bertz CT molecular complexity index is 571. The van der Waals surface area contributed by atoms with Crippen LogP contribution in [0.3, 0.4) is 0 Å². The number of carbonyl (C=O) groups excluding carboxylic acids is 1. The van der Waals surface area contributed by atoms with Gasteiger partial charge in [0.05, 0.1) is 6.04 Å². The molecule has 4 heteroatoms. The average molecular weight is 313 g/mol. The molecule has 0 N–H and O–H groups in total. The van der Waals surface area contributed by atoms with Crippen molar-refractivity contribution in [1.29, 1.82) is 0 Å². The molecule has 3 aliphatic rings. The number of para-hydroxylation sites is 1. The van der Waals surface area contributed by atoms with Gasteiger partial charge in [0.2, 0.25) is 5.91 Å². The number of rotatable bonds is 2. The fourth-order valence-corrected chi connectivity index (χ4v) is 4.87. The van der Waals surface area contributed by atoms with Crippen molar-refractivity contribution in [2.75, 3.05) is 44.7 Å². The Morgan fingerprint density at radius 1 is 1.04 bits per heavy atom. The molecule has 0 radical (unpaired) electrons. The Labute approximate surface area is 139 Å². The molecule has 0 unspecified atom stereocenters. The van der Waals surface area contributed by atoms with E-state index in [1.807, 2.05) is 35.2 Å². The lowest BCUT2D eigenvalue weighted by molar-refractivity contribution is -0.122. The molecule has 0 bridgehead atoms. The van der Waals surface area contributed by atoms with Crippen molar-refractivity contribution in [2.45, 2.75) is 31.7 Å². The third kappa shape index (κ3) is 2.79. The van der Waals surface area contributed by atoms with E-state index >= 15 is 0 Å². The molecule has 124 valence electrons. The number of hydrogen-bond donors (Lipinski definition) is 0. The van der Waals surface area contributed by atoms with Gasteiger partial charge in [-0.25, -0.2) is 0 Å². The summed E-state index contributed by atoms with van der Waals surface area (Å²) >= 11 is 0. The SMILES string of the molecule is CN1CC[C@]2(CCCN([C@@H]3CCN(c4ccccc4)C3=O)C2)C1. The zero-order chi connectivity index (χ0) is 15.9. The summed E-state index contributed by atoms with van der Waals surface area (Å²) in [6.45, 7) is 5.47. The van der Waals surface area contributed by atoms with E-state index in [4.69, 9.17) is 0 Å². The maximum absolute atomic E-state index is 12.9. The van der Waals surface area contributed by atoms with E-state index in [0.29, 0.717) is 11.3 Å². The molecule has 3 aliphatic heterocycles. The first kappa shape index (κ1) is 15.2. The highest BCUT2D eigenvalue weighted by atomic mass is 16.2. The summed E-state index contributed by atoms with van der Waals surface area (Å²) in [6.07, 6.45) is 4.84. The molecular weight excluding hydrogens is 286 g/mol. The normalized spacial score (nSPS) is 33.0. The van der Waals surface area contributed by atoms with Gasteiger partial charge in [-0.3, -0.25) is 9.69 Å². The molecule has 4 nitrogen and oxygen atoms in total. The van der Waals surface area contributed by atoms with Crippen LogP contribution in [0.25, 0.3) is 0 Å². The molecule has 0 aliphatic carbocycles. The van der Waals surface area contributed by atoms with Crippen molar-refractivity contribution in [1.82, 2.24) is 9.80 Å². The maximum Gasteiger partial charge on any atom is 0.244 e. The van der Waals surface area contributed by atoms with Gasteiger partial charge in [0.25, 0.3) is 0 Å². The summed E-state index contributed by atoms with van der Waals surface area (Å²) in [5, 5.41) is 0. The fraction of sp³-hybridized carbons (Fsp3) is 0.632. The number of amides is 1. The van der Waals surface area contributed by atoms with E-state index in [-0.39, 0.29) is 6.04 Å². The van der Waals surface area contributed by atoms with Crippen LogP contribution in [0.1, 0.15) is 25.7 Å². The number of carbonyl (C=O) groups is 1. The Balaban J connectivity index is 1.47. The zero-order valence-corrected chi connectivity index (χ0v) is 14.1. The van der Waals surface area contributed by atoms with Crippen LogP contribution in [-0.4, -0.2) is 61.5 Å². The van der Waals surface area contributed by atoms with Crippen LogP contribution in [0.4, 0.5) is 5.69 Å². The van der Waals surface area contributed by atoms with E-state index in [9.17, 15) is 4.79 Å². The number of benzene rings is 1. The lowest BCUT2D eigenvalue weighted by Gasteiger charge is -2.42. The quantitative estimate of drug-likeness (QED) is 0.837. The van der Waals surface area contributed by atoms with Crippen LogP contribution in [0.2, 0.25) is 0 Å². The van der Waals surface area contributed by atoms with Gasteiger partial charge in [-0.1, -0.05) is 18.2 Å². The second kappa shape index (κ2) is 5.91. The van der Waals surface area contributed by atoms with Gasteiger partial charge in [-0.2, -0.15) is 0 Å². The van der Waals surface area contributed by atoms with E-state index in [1.54, 1.807) is 0 Å². The van der Waals surface area contributed by atoms with Crippen LogP contribution in [0.5, 0.6) is 0 Å². The van der Waals surface area contributed by atoms with Gasteiger partial charge in [-0.15, -0.1) is 0 Å². The minimum Gasteiger partial charge on any atom is -0.311 e. The molecule has 3 fully saturated rings. The van der Waals surface area contributed by atoms with Crippen molar-refractivity contribution >= 4 is 11.6 Å². The van der Waals surface area contributed by atoms with Gasteiger partial charge in [0.1, 0.15) is 0 Å². The van der Waals surface area contributed by atoms with E-state index < -0.39 is 0 Å². The first-order valence-electron chi connectivity index (χ1n) is 8.96. The number of piperidine rings is 1. The van der Waals surface area contributed by atoms with Gasteiger partial charge < -0.3 is 9.80 Å². The van der Waals surface area contributed by atoms with Gasteiger partial charge in [0.15, 0.2) is 0 Å². The third-order valence-electron chi connectivity index (χ3n) is 6.01. The molecule has 2 atom stereocenters. The highest BCUT2D eigenvalue weighted by Crippen LogP contribution is 2.40. The van der Waals surface area contributed by atoms with Crippen LogP contribution in [-0.2, 0) is 4.79 Å². The second-order valence-corrected chi connectivity index (χ2v) is 7.69. The highest BCUT2D eigenvalue weighted by Gasteiger charge is 2.45. The summed E-state index contributed by atoms with van der Waals surface area (Å²) in [4.78, 5) is 19.9. The molecule has 1 aromatic rings. The molecule has 4 rings (SSSR count). The minimum atomic E-state index is 0.0956. The van der Waals surface area contributed by atoms with Crippen molar-refractivity contribution in [3.05, 3.63) is 30.3 Å². The van der Waals surface area contributed by atoms with Crippen molar-refractivity contribution < 1.29 is 4.79 Å². The Morgan fingerprint density at radius 3 is 2.61 bits per heavy atom. The smallest absolute Gasteiger partial charge is 0.244 e. The first-order chi connectivity index (χ1) is 11.2. The molecule has 1 aromatic carbocycles. The van der Waals surface area contributed by atoms with Crippen LogP contribution >= 0.6 is 0 Å². The number of hydrogen-bond acceptors (Lipinski definition) is 3. The van der Waals surface area contributed by atoms with Crippen molar-refractivity contribution in [3.8, 4) is 0 Å². The van der Waals surface area contributed by atoms with Crippen molar-refractivity contribution in [2.24, 2.45) is 5.41 Å². The Kier molecular flexibility index (Phi) is 3.90. The summed E-state index contributed by atoms with van der Waals surface area (Å²) in [5.74, 6) is 0.305. The summed E-state index contributed by atoms with van der Waals surface area (Å²) < 4.78 is 0. The van der Waals surface area contributed by atoms with Gasteiger partial charge in [0, 0.05) is 25.3 Å².